The molecule has 8 nitrogen and oxygen atoms in total. The summed E-state index contributed by atoms with van der Waals surface area (Å²) < 4.78 is 10.7. The number of anilines is 1. The molecule has 148 valence electrons. The third-order valence-electron chi connectivity index (χ3n) is 4.88. The Bertz CT molecular complexity index is 1320. The van der Waals surface area contributed by atoms with E-state index in [1.54, 1.807) is 37.3 Å². The van der Waals surface area contributed by atoms with Gasteiger partial charge in [0, 0.05) is 18.2 Å². The van der Waals surface area contributed by atoms with Crippen molar-refractivity contribution in [3.05, 3.63) is 83.1 Å². The van der Waals surface area contributed by atoms with Crippen LogP contribution in [-0.2, 0) is 6.54 Å². The predicted octanol–water partition coefficient (Wildman–Crippen LogP) is 3.78. The first kappa shape index (κ1) is 17.9. The number of rotatable bonds is 4. The van der Waals surface area contributed by atoms with Gasteiger partial charge in [-0.15, -0.1) is 0 Å². The van der Waals surface area contributed by atoms with Gasteiger partial charge in [0.05, 0.1) is 23.9 Å². The van der Waals surface area contributed by atoms with Gasteiger partial charge in [-0.2, -0.15) is 0 Å². The molecular formula is C22H15N3O5. The molecule has 2 aromatic carbocycles. The highest BCUT2D eigenvalue weighted by molar-refractivity contribution is 6.22. The number of amides is 3. The number of fused-ring (bicyclic) bond motifs is 2. The van der Waals surface area contributed by atoms with Crippen LogP contribution in [0, 0.1) is 6.92 Å². The first-order valence-electron chi connectivity index (χ1n) is 9.21. The van der Waals surface area contributed by atoms with Crippen molar-refractivity contribution in [1.82, 2.24) is 9.88 Å². The number of aromatic nitrogens is 1. The average Bonchev–Trinajstić information content (AvgIpc) is 3.43. The molecular weight excluding hydrogens is 386 g/mol. The second-order valence-corrected chi connectivity index (χ2v) is 6.91. The highest BCUT2D eigenvalue weighted by Crippen LogP contribution is 2.26. The lowest BCUT2D eigenvalue weighted by molar-refractivity contribution is 0.0631. The maximum Gasteiger partial charge on any atom is 0.261 e. The van der Waals surface area contributed by atoms with Crippen molar-refractivity contribution < 1.29 is 23.2 Å². The Labute approximate surface area is 170 Å². The molecule has 2 aromatic heterocycles. The van der Waals surface area contributed by atoms with E-state index in [1.807, 2.05) is 0 Å². The minimum atomic E-state index is -0.458. The minimum absolute atomic E-state index is 0.0397. The predicted molar refractivity (Wildman–Crippen MR) is 106 cm³/mol. The van der Waals surface area contributed by atoms with Crippen LogP contribution in [0.1, 0.15) is 42.7 Å². The van der Waals surface area contributed by atoms with Gasteiger partial charge in [-0.25, -0.2) is 4.98 Å². The zero-order valence-electron chi connectivity index (χ0n) is 15.8. The Hall–Kier alpha value is -4.20. The molecule has 0 bridgehead atoms. The topological polar surface area (TPSA) is 106 Å². The van der Waals surface area contributed by atoms with Crippen molar-refractivity contribution in [2.75, 3.05) is 5.32 Å². The van der Waals surface area contributed by atoms with E-state index in [2.05, 4.69) is 10.3 Å². The molecule has 1 aliphatic rings. The highest BCUT2D eigenvalue weighted by Gasteiger charge is 2.36. The third kappa shape index (κ3) is 2.95. The van der Waals surface area contributed by atoms with Gasteiger partial charge in [-0.05, 0) is 48.5 Å². The van der Waals surface area contributed by atoms with Crippen molar-refractivity contribution in [2.24, 2.45) is 0 Å². The lowest BCUT2D eigenvalue weighted by atomic mass is 10.1. The third-order valence-corrected chi connectivity index (χ3v) is 4.88. The summed E-state index contributed by atoms with van der Waals surface area (Å²) >= 11 is 0. The normalized spacial score (nSPS) is 13.2. The van der Waals surface area contributed by atoms with E-state index in [9.17, 15) is 14.4 Å². The summed E-state index contributed by atoms with van der Waals surface area (Å²) in [5, 5.41) is 2.78. The van der Waals surface area contributed by atoms with Crippen LogP contribution in [0.2, 0.25) is 0 Å². The fraction of sp³-hybridized carbons (Fsp3) is 0.0909. The molecule has 0 atom stereocenters. The number of nitrogens with zero attached hydrogens (tertiary/aromatic N) is 2. The van der Waals surface area contributed by atoms with E-state index >= 15 is 0 Å². The molecule has 1 N–H and O–H groups in total. The Balaban J connectivity index is 1.39. The number of carbonyl (C=O) groups excluding carboxylic acids is 3. The maximum atomic E-state index is 12.7. The van der Waals surface area contributed by atoms with Gasteiger partial charge in [-0.1, -0.05) is 0 Å². The van der Waals surface area contributed by atoms with Crippen LogP contribution in [-0.4, -0.2) is 27.6 Å². The van der Waals surface area contributed by atoms with Gasteiger partial charge in [0.2, 0.25) is 0 Å². The largest absolute Gasteiger partial charge is 0.467 e. The molecule has 0 radical (unpaired) electrons. The van der Waals surface area contributed by atoms with Crippen LogP contribution in [0.3, 0.4) is 0 Å². The van der Waals surface area contributed by atoms with E-state index in [4.69, 9.17) is 8.83 Å². The molecule has 0 saturated heterocycles. The van der Waals surface area contributed by atoms with Crippen LogP contribution in [0.15, 0.2) is 63.6 Å². The van der Waals surface area contributed by atoms with Gasteiger partial charge in [0.25, 0.3) is 17.7 Å². The summed E-state index contributed by atoms with van der Waals surface area (Å²) in [6.07, 6.45) is 1.48. The summed E-state index contributed by atoms with van der Waals surface area (Å²) in [4.78, 5) is 43.4. The van der Waals surface area contributed by atoms with Gasteiger partial charge < -0.3 is 14.2 Å². The van der Waals surface area contributed by atoms with Crippen LogP contribution in [0.5, 0.6) is 0 Å². The number of hydrogen-bond acceptors (Lipinski definition) is 6. The van der Waals surface area contributed by atoms with Crippen LogP contribution in [0.25, 0.3) is 11.1 Å². The molecule has 0 aliphatic carbocycles. The standard InChI is InChI=1S/C22H15N3O5/c1-12-23-18-10-14(5-7-19(18)30-12)24-20(26)13-4-6-16-17(9-13)22(28)25(21(16)27)11-15-3-2-8-29-15/h2-10H,11H2,1H3,(H,24,26). The van der Waals surface area contributed by atoms with Crippen molar-refractivity contribution in [2.45, 2.75) is 13.5 Å². The minimum Gasteiger partial charge on any atom is -0.467 e. The van der Waals surface area contributed by atoms with Crippen LogP contribution >= 0.6 is 0 Å². The van der Waals surface area contributed by atoms with Crippen molar-refractivity contribution in [3.63, 3.8) is 0 Å². The van der Waals surface area contributed by atoms with Gasteiger partial charge >= 0.3 is 0 Å². The van der Waals surface area contributed by atoms with E-state index in [0.717, 1.165) is 4.90 Å². The molecule has 0 fully saturated rings. The summed E-state index contributed by atoms with van der Waals surface area (Å²) in [5.41, 5.74) is 2.54. The van der Waals surface area contributed by atoms with E-state index < -0.39 is 17.7 Å². The Morgan fingerprint density at radius 1 is 1.07 bits per heavy atom. The quantitative estimate of drug-likeness (QED) is 0.522. The van der Waals surface area contributed by atoms with E-state index in [0.29, 0.717) is 28.4 Å². The van der Waals surface area contributed by atoms with Gasteiger partial charge in [-0.3, -0.25) is 19.3 Å². The number of aryl methyl sites for hydroxylation is 1. The smallest absolute Gasteiger partial charge is 0.261 e. The summed E-state index contributed by atoms with van der Waals surface area (Å²) in [5.74, 6) is -0.233. The fourth-order valence-corrected chi connectivity index (χ4v) is 3.46. The number of nitrogens with one attached hydrogen (secondary N) is 1. The number of oxazole rings is 1. The van der Waals surface area contributed by atoms with Gasteiger partial charge in [0.1, 0.15) is 11.3 Å². The molecule has 0 unspecified atom stereocenters. The van der Waals surface area contributed by atoms with Crippen molar-refractivity contribution in [3.8, 4) is 0 Å². The van der Waals surface area contributed by atoms with E-state index in [-0.39, 0.29) is 23.2 Å². The SMILES string of the molecule is Cc1nc2cc(NC(=O)c3ccc4c(c3)C(=O)N(Cc3ccco3)C4=O)ccc2o1. The maximum absolute atomic E-state index is 12.7. The number of benzene rings is 2. The number of imide groups is 1. The Morgan fingerprint density at radius 2 is 1.90 bits per heavy atom. The lowest BCUT2D eigenvalue weighted by Crippen LogP contribution is -2.28. The highest BCUT2D eigenvalue weighted by atomic mass is 16.3. The Kier molecular flexibility index (Phi) is 3.99. The lowest BCUT2D eigenvalue weighted by Gasteiger charge is -2.11. The molecule has 0 spiro atoms. The van der Waals surface area contributed by atoms with Crippen molar-refractivity contribution in [1.29, 1.82) is 0 Å². The monoisotopic (exact) mass is 401 g/mol. The molecule has 5 rings (SSSR count). The summed E-state index contributed by atoms with van der Waals surface area (Å²) in [6, 6.07) is 13.0. The Morgan fingerprint density at radius 3 is 2.70 bits per heavy atom. The van der Waals surface area contributed by atoms with Crippen molar-refractivity contribution >= 4 is 34.5 Å². The van der Waals surface area contributed by atoms with Crippen LogP contribution in [0.4, 0.5) is 5.69 Å². The fourth-order valence-electron chi connectivity index (χ4n) is 3.46. The molecule has 3 heterocycles. The molecule has 4 aromatic rings. The van der Waals surface area contributed by atoms with Crippen LogP contribution < -0.4 is 5.32 Å². The molecule has 1 aliphatic heterocycles. The first-order chi connectivity index (χ1) is 14.5. The second-order valence-electron chi connectivity index (χ2n) is 6.91. The number of carbonyl (C=O) groups is 3. The summed E-state index contributed by atoms with van der Waals surface area (Å²) in [7, 11) is 0. The molecule has 30 heavy (non-hydrogen) atoms. The molecule has 8 heteroatoms. The summed E-state index contributed by atoms with van der Waals surface area (Å²) in [6.45, 7) is 1.79. The first-order valence-corrected chi connectivity index (χ1v) is 9.21. The zero-order chi connectivity index (χ0) is 20.8. The zero-order valence-corrected chi connectivity index (χ0v) is 15.8. The number of hydrogen-bond donors (Lipinski definition) is 1. The van der Waals surface area contributed by atoms with Gasteiger partial charge in [0.15, 0.2) is 11.5 Å². The molecule has 0 saturated carbocycles. The molecule has 3 amide bonds. The number of furan rings is 1. The second kappa shape index (κ2) is 6.70. The average molecular weight is 401 g/mol. The van der Waals surface area contributed by atoms with E-state index in [1.165, 1.54) is 24.5 Å².